The topological polar surface area (TPSA) is 79.5 Å². The number of rotatable bonds is 5. The molecular formula is C12H21NO4S. The average molecular weight is 275 g/mol. The molecule has 0 saturated heterocycles. The standard InChI is InChI=1S/C12H21NO4S/c1-7(2)8(3)13-18(15,16)12-10(5)17-9(4)11(12)6-14/h7-8,13-14H,6H2,1-5H3. The molecule has 1 rings (SSSR count). The third-order valence-electron chi connectivity index (χ3n) is 3.09. The molecule has 1 aromatic rings. The summed E-state index contributed by atoms with van der Waals surface area (Å²) < 4.78 is 32.4. The van der Waals surface area contributed by atoms with Gasteiger partial charge in [0.2, 0.25) is 10.0 Å². The molecule has 0 saturated carbocycles. The summed E-state index contributed by atoms with van der Waals surface area (Å²) in [5.41, 5.74) is 0.330. The summed E-state index contributed by atoms with van der Waals surface area (Å²) in [6.45, 7) is 8.56. The molecule has 0 aliphatic carbocycles. The van der Waals surface area contributed by atoms with Gasteiger partial charge in [-0.25, -0.2) is 13.1 Å². The van der Waals surface area contributed by atoms with Crippen LogP contribution in [-0.4, -0.2) is 19.6 Å². The van der Waals surface area contributed by atoms with E-state index in [1.807, 2.05) is 20.8 Å². The van der Waals surface area contributed by atoms with Gasteiger partial charge in [0, 0.05) is 11.6 Å². The zero-order chi connectivity index (χ0) is 14.1. The molecule has 1 atom stereocenters. The van der Waals surface area contributed by atoms with Crippen LogP contribution in [0.4, 0.5) is 0 Å². The Kier molecular flexibility index (Phi) is 4.58. The van der Waals surface area contributed by atoms with Gasteiger partial charge < -0.3 is 9.52 Å². The van der Waals surface area contributed by atoms with Crippen LogP contribution in [0.1, 0.15) is 37.9 Å². The Morgan fingerprint density at radius 2 is 1.78 bits per heavy atom. The summed E-state index contributed by atoms with van der Waals surface area (Å²) in [5, 5.41) is 9.27. The lowest BCUT2D eigenvalue weighted by molar-refractivity contribution is 0.276. The van der Waals surface area contributed by atoms with E-state index in [1.54, 1.807) is 13.8 Å². The van der Waals surface area contributed by atoms with Crippen LogP contribution in [0.25, 0.3) is 0 Å². The van der Waals surface area contributed by atoms with E-state index in [0.29, 0.717) is 17.1 Å². The van der Waals surface area contributed by atoms with Crippen LogP contribution in [0.5, 0.6) is 0 Å². The fourth-order valence-corrected chi connectivity index (χ4v) is 3.52. The van der Waals surface area contributed by atoms with Crippen LogP contribution < -0.4 is 4.72 Å². The van der Waals surface area contributed by atoms with Gasteiger partial charge in [0.15, 0.2) is 0 Å². The van der Waals surface area contributed by atoms with E-state index in [9.17, 15) is 13.5 Å². The number of aryl methyl sites for hydroxylation is 2. The van der Waals surface area contributed by atoms with Crippen LogP contribution in [0.15, 0.2) is 9.31 Å². The minimum Gasteiger partial charge on any atom is -0.465 e. The summed E-state index contributed by atoms with van der Waals surface area (Å²) >= 11 is 0. The Morgan fingerprint density at radius 3 is 2.22 bits per heavy atom. The Morgan fingerprint density at radius 1 is 1.22 bits per heavy atom. The third-order valence-corrected chi connectivity index (χ3v) is 4.85. The number of aliphatic hydroxyl groups is 1. The Bertz CT molecular complexity index is 516. The molecule has 5 nitrogen and oxygen atoms in total. The van der Waals surface area contributed by atoms with Crippen molar-refractivity contribution in [2.45, 2.75) is 52.2 Å². The fraction of sp³-hybridized carbons (Fsp3) is 0.667. The number of nitrogens with one attached hydrogen (secondary N) is 1. The van der Waals surface area contributed by atoms with Crippen molar-refractivity contribution in [1.82, 2.24) is 4.72 Å². The number of hydrogen-bond acceptors (Lipinski definition) is 4. The minimum absolute atomic E-state index is 0.0648. The molecule has 0 radical (unpaired) electrons. The van der Waals surface area contributed by atoms with Crippen molar-refractivity contribution in [3.8, 4) is 0 Å². The van der Waals surface area contributed by atoms with Gasteiger partial charge in [-0.2, -0.15) is 0 Å². The van der Waals surface area contributed by atoms with E-state index in [0.717, 1.165) is 0 Å². The Hall–Kier alpha value is -0.850. The molecule has 18 heavy (non-hydrogen) atoms. The van der Waals surface area contributed by atoms with E-state index in [4.69, 9.17) is 4.42 Å². The number of furan rings is 1. The molecule has 104 valence electrons. The quantitative estimate of drug-likeness (QED) is 0.857. The maximum atomic E-state index is 12.3. The second kappa shape index (κ2) is 5.42. The van der Waals surface area contributed by atoms with E-state index in [1.165, 1.54) is 0 Å². The summed E-state index contributed by atoms with van der Waals surface area (Å²) in [6.07, 6.45) is 0. The lowest BCUT2D eigenvalue weighted by Gasteiger charge is -2.17. The van der Waals surface area contributed by atoms with E-state index < -0.39 is 10.0 Å². The molecule has 0 bridgehead atoms. The first-order valence-electron chi connectivity index (χ1n) is 5.92. The van der Waals surface area contributed by atoms with Crippen LogP contribution in [0, 0.1) is 19.8 Å². The summed E-state index contributed by atoms with van der Waals surface area (Å²) in [7, 11) is -3.66. The molecule has 1 unspecified atom stereocenters. The van der Waals surface area contributed by atoms with Gasteiger partial charge in [-0.3, -0.25) is 0 Å². The Balaban J connectivity index is 3.21. The van der Waals surface area contributed by atoms with Gasteiger partial charge in [-0.15, -0.1) is 0 Å². The summed E-state index contributed by atoms with van der Waals surface area (Å²) in [4.78, 5) is 0.0648. The molecule has 6 heteroatoms. The lowest BCUT2D eigenvalue weighted by atomic mass is 10.1. The maximum absolute atomic E-state index is 12.3. The van der Waals surface area contributed by atoms with E-state index >= 15 is 0 Å². The molecule has 2 N–H and O–H groups in total. The molecule has 0 spiro atoms. The van der Waals surface area contributed by atoms with Gasteiger partial charge in [-0.1, -0.05) is 13.8 Å². The zero-order valence-electron chi connectivity index (χ0n) is 11.4. The monoisotopic (exact) mass is 275 g/mol. The molecule has 1 heterocycles. The number of sulfonamides is 1. The van der Waals surface area contributed by atoms with Gasteiger partial charge in [0.05, 0.1) is 6.61 Å². The van der Waals surface area contributed by atoms with Crippen molar-refractivity contribution in [3.63, 3.8) is 0 Å². The first-order valence-corrected chi connectivity index (χ1v) is 7.41. The summed E-state index contributed by atoms with van der Waals surface area (Å²) in [6, 6.07) is -0.184. The zero-order valence-corrected chi connectivity index (χ0v) is 12.3. The van der Waals surface area contributed by atoms with Crippen molar-refractivity contribution >= 4 is 10.0 Å². The first kappa shape index (κ1) is 15.2. The predicted octanol–water partition coefficient (Wildman–Crippen LogP) is 1.71. The molecular weight excluding hydrogens is 254 g/mol. The van der Waals surface area contributed by atoms with Gasteiger partial charge in [-0.05, 0) is 26.7 Å². The molecule has 1 aromatic heterocycles. The van der Waals surface area contributed by atoms with Gasteiger partial charge >= 0.3 is 0 Å². The molecule has 0 aromatic carbocycles. The van der Waals surface area contributed by atoms with Crippen molar-refractivity contribution in [2.75, 3.05) is 0 Å². The van der Waals surface area contributed by atoms with Gasteiger partial charge in [0.1, 0.15) is 16.4 Å². The van der Waals surface area contributed by atoms with E-state index in [2.05, 4.69) is 4.72 Å². The Labute approximate surface area is 108 Å². The lowest BCUT2D eigenvalue weighted by Crippen LogP contribution is -2.36. The van der Waals surface area contributed by atoms with Crippen molar-refractivity contribution in [2.24, 2.45) is 5.92 Å². The fourth-order valence-electron chi connectivity index (χ4n) is 1.68. The highest BCUT2D eigenvalue weighted by molar-refractivity contribution is 7.89. The second-order valence-electron chi connectivity index (χ2n) is 4.83. The second-order valence-corrected chi connectivity index (χ2v) is 6.49. The van der Waals surface area contributed by atoms with Gasteiger partial charge in [0.25, 0.3) is 0 Å². The minimum atomic E-state index is -3.66. The van der Waals surface area contributed by atoms with Crippen LogP contribution in [0.2, 0.25) is 0 Å². The predicted molar refractivity (Wildman–Crippen MR) is 68.7 cm³/mol. The maximum Gasteiger partial charge on any atom is 0.244 e. The first-order chi connectivity index (χ1) is 8.20. The normalized spacial score (nSPS) is 14.2. The van der Waals surface area contributed by atoms with Crippen molar-refractivity contribution in [3.05, 3.63) is 17.1 Å². The SMILES string of the molecule is Cc1oc(C)c(S(=O)(=O)NC(C)C(C)C)c1CO. The highest BCUT2D eigenvalue weighted by atomic mass is 32.2. The van der Waals surface area contributed by atoms with Crippen LogP contribution in [0.3, 0.4) is 0 Å². The van der Waals surface area contributed by atoms with E-state index in [-0.39, 0.29) is 23.5 Å². The van der Waals surface area contributed by atoms with Crippen LogP contribution >= 0.6 is 0 Å². The largest absolute Gasteiger partial charge is 0.465 e. The van der Waals surface area contributed by atoms with Crippen molar-refractivity contribution in [1.29, 1.82) is 0 Å². The highest BCUT2D eigenvalue weighted by Gasteiger charge is 2.28. The smallest absolute Gasteiger partial charge is 0.244 e. The molecule has 0 aliphatic rings. The molecule has 0 aliphatic heterocycles. The third kappa shape index (κ3) is 2.93. The number of hydrogen-bond donors (Lipinski definition) is 2. The van der Waals surface area contributed by atoms with Crippen LogP contribution in [-0.2, 0) is 16.6 Å². The molecule has 0 amide bonds. The highest BCUT2D eigenvalue weighted by Crippen LogP contribution is 2.26. The molecule has 0 fully saturated rings. The number of aliphatic hydroxyl groups excluding tert-OH is 1. The average Bonchev–Trinajstić information content (AvgIpc) is 2.52. The summed E-state index contributed by atoms with van der Waals surface area (Å²) in [5.74, 6) is 0.929. The van der Waals surface area contributed by atoms with Crippen molar-refractivity contribution < 1.29 is 17.9 Å².